The van der Waals surface area contributed by atoms with Crippen molar-refractivity contribution in [3.8, 4) is 5.75 Å². The van der Waals surface area contributed by atoms with Crippen LogP contribution in [0.15, 0.2) is 64.6 Å². The van der Waals surface area contributed by atoms with Gasteiger partial charge in [0.1, 0.15) is 121 Å². The normalized spacial score (nSPS) is 34.7. The molecule has 6 heterocycles. The SMILES string of the molecule is CCCCCCCCCC(=O)NC1=NCC(C(O)[C@H]2NC(=O)[C@H](C(O)C3CN=C(N)N3)NC(=O)[C@@H](Cc3ccc(O[C@H]4O[C@H](CO)[C@@H](O[C@H]5O[C@H](CO)[C@@H](O)[C@H](O)[C@@H]5O)[C@H](O)[C@@H]4O)cc3)NC(=O)[C@H](C(C)c3ccccc3)NC(=O)CNC(=O)[C@H](CO)NC2=O)N1[C@H]1O[C@H](CO)[C@@H](O)[C@H](O)[C@@H]1O. The van der Waals surface area contributed by atoms with Gasteiger partial charge in [0.2, 0.25) is 53.6 Å². The van der Waals surface area contributed by atoms with Crippen molar-refractivity contribution in [3.05, 3.63) is 65.7 Å². The van der Waals surface area contributed by atoms with Gasteiger partial charge in [-0.25, -0.2) is 0 Å². The molecular formula is C64H96N12O26. The van der Waals surface area contributed by atoms with Gasteiger partial charge in [-0.05, 0) is 29.7 Å². The van der Waals surface area contributed by atoms with E-state index in [4.69, 9.17) is 29.4 Å². The number of carbonyl (C=O) groups is 7. The monoisotopic (exact) mass is 1450 g/mol. The molecule has 0 aromatic heterocycles. The number of aliphatic hydroxyl groups is 14. The number of hydrogen-bond donors (Lipinski definition) is 23. The fourth-order valence-electron chi connectivity index (χ4n) is 12.7. The zero-order valence-electron chi connectivity index (χ0n) is 56.0. The topological polar surface area (TPSA) is 599 Å². The number of aliphatic hydroxyl groups excluding tert-OH is 14. The predicted molar refractivity (Wildman–Crippen MR) is 350 cm³/mol. The van der Waals surface area contributed by atoms with Gasteiger partial charge in [-0.15, -0.1) is 0 Å². The lowest BCUT2D eigenvalue weighted by Gasteiger charge is -2.47. The highest BCUT2D eigenvalue weighted by Gasteiger charge is 2.55. The van der Waals surface area contributed by atoms with E-state index in [0.29, 0.717) is 18.4 Å². The number of benzene rings is 2. The van der Waals surface area contributed by atoms with Crippen LogP contribution >= 0.6 is 0 Å². The molecular weight excluding hydrogens is 1350 g/mol. The second-order valence-electron chi connectivity index (χ2n) is 25.9. The van der Waals surface area contributed by atoms with E-state index in [2.05, 4.69) is 59.4 Å². The molecule has 2 aromatic rings. The number of rotatable bonds is 25. The van der Waals surface area contributed by atoms with E-state index in [0.717, 1.165) is 37.0 Å². The van der Waals surface area contributed by atoms with Crippen molar-refractivity contribution in [1.29, 1.82) is 0 Å². The number of carbonyl (C=O) groups excluding carboxylic acids is 7. The number of unbranched alkanes of at least 4 members (excludes halogenated alkanes) is 6. The maximum absolute atomic E-state index is 15.3. The summed E-state index contributed by atoms with van der Waals surface area (Å²) in [6.45, 7) is -2.09. The van der Waals surface area contributed by atoms with Crippen LogP contribution in [0.25, 0.3) is 0 Å². The molecule has 5 unspecified atom stereocenters. The maximum Gasteiger partial charge on any atom is 0.246 e. The highest BCUT2D eigenvalue weighted by molar-refractivity contribution is 6.00. The summed E-state index contributed by atoms with van der Waals surface area (Å²) in [6, 6.07) is 0.488. The van der Waals surface area contributed by atoms with Gasteiger partial charge in [0.05, 0.1) is 58.1 Å². The second-order valence-corrected chi connectivity index (χ2v) is 25.9. The van der Waals surface area contributed by atoms with Crippen LogP contribution in [0.3, 0.4) is 0 Å². The number of ether oxygens (including phenoxy) is 5. The third kappa shape index (κ3) is 19.7. The second kappa shape index (κ2) is 37.3. The van der Waals surface area contributed by atoms with E-state index in [-0.39, 0.29) is 30.2 Å². The fraction of sp³-hybridized carbons (Fsp3) is 0.672. The Balaban J connectivity index is 1.12. The molecule has 0 saturated carbocycles. The third-order valence-corrected chi connectivity index (χ3v) is 18.7. The Labute approximate surface area is 585 Å². The first-order chi connectivity index (χ1) is 48.7. The Hall–Kier alpha value is -7.45. The van der Waals surface area contributed by atoms with Crippen LogP contribution in [0.4, 0.5) is 0 Å². The number of aliphatic imine (C=N–C) groups is 2. The number of amides is 7. The quantitative estimate of drug-likeness (QED) is 0.0411. The molecule has 38 nitrogen and oxygen atoms in total. The molecule has 0 aliphatic carbocycles. The molecule has 38 heteroatoms. The Morgan fingerprint density at radius 3 is 1.81 bits per heavy atom. The fourth-order valence-corrected chi connectivity index (χ4v) is 12.7. The molecule has 6 aliphatic heterocycles. The van der Waals surface area contributed by atoms with Crippen molar-refractivity contribution < 1.29 is 129 Å². The van der Waals surface area contributed by atoms with Crippen molar-refractivity contribution in [1.82, 2.24) is 47.4 Å². The lowest BCUT2D eigenvalue weighted by molar-refractivity contribution is -0.352. The molecule has 6 aliphatic rings. The number of nitrogens with zero attached hydrogens (tertiary/aromatic N) is 3. The number of guanidine groups is 2. The first kappa shape index (κ1) is 80.2. The zero-order chi connectivity index (χ0) is 74.2. The molecule has 2 aromatic carbocycles. The Kier molecular flexibility index (Phi) is 29.4. The average Bonchev–Trinajstić information content (AvgIpc) is 1.59. The molecule has 568 valence electrons. The van der Waals surface area contributed by atoms with Gasteiger partial charge in [-0.3, -0.25) is 48.9 Å². The van der Waals surface area contributed by atoms with Crippen LogP contribution < -0.4 is 53.0 Å². The lowest BCUT2D eigenvalue weighted by Crippen LogP contribution is -2.70. The Bertz CT molecular complexity index is 3180. The van der Waals surface area contributed by atoms with Crippen LogP contribution in [0.5, 0.6) is 5.75 Å². The maximum atomic E-state index is 15.3. The van der Waals surface area contributed by atoms with Crippen LogP contribution in [-0.2, 0) is 58.9 Å². The molecule has 4 saturated heterocycles. The van der Waals surface area contributed by atoms with E-state index >= 15 is 9.59 Å². The molecule has 4 fully saturated rings. The minimum Gasteiger partial charge on any atom is -0.462 e. The van der Waals surface area contributed by atoms with Crippen LogP contribution in [-0.4, -0.2) is 322 Å². The Morgan fingerprint density at radius 1 is 0.598 bits per heavy atom. The zero-order valence-corrected chi connectivity index (χ0v) is 56.0. The van der Waals surface area contributed by atoms with Gasteiger partial charge in [-0.2, -0.15) is 0 Å². The minimum atomic E-state index is -2.41. The van der Waals surface area contributed by atoms with Crippen molar-refractivity contribution in [2.45, 2.75) is 224 Å². The molecule has 7 amide bonds. The predicted octanol–water partition coefficient (Wildman–Crippen LogP) is -10.3. The number of nitrogens with two attached hydrogens (primary N) is 1. The van der Waals surface area contributed by atoms with E-state index in [1.54, 1.807) is 37.3 Å². The average molecular weight is 1450 g/mol. The number of hydrogen-bond acceptors (Lipinski definition) is 31. The van der Waals surface area contributed by atoms with Crippen molar-refractivity contribution in [2.75, 3.05) is 46.1 Å². The Morgan fingerprint density at radius 2 is 1.18 bits per heavy atom. The van der Waals surface area contributed by atoms with Crippen LogP contribution in [0.1, 0.15) is 82.3 Å². The van der Waals surface area contributed by atoms with Gasteiger partial charge < -0.3 is 143 Å². The largest absolute Gasteiger partial charge is 0.462 e. The summed E-state index contributed by atoms with van der Waals surface area (Å²) in [5, 5.41) is 173. The van der Waals surface area contributed by atoms with Crippen molar-refractivity contribution in [3.63, 3.8) is 0 Å². The molecule has 0 spiro atoms. The molecule has 24 N–H and O–H groups in total. The lowest BCUT2D eigenvalue weighted by atomic mass is 9.92. The van der Waals surface area contributed by atoms with Crippen molar-refractivity contribution >= 4 is 53.3 Å². The summed E-state index contributed by atoms with van der Waals surface area (Å²) in [5.74, 6) is -9.69. The molecule has 0 bridgehead atoms. The molecule has 0 radical (unpaired) electrons. The van der Waals surface area contributed by atoms with Gasteiger partial charge in [-0.1, -0.05) is 94.8 Å². The van der Waals surface area contributed by atoms with E-state index in [1.165, 1.54) is 24.3 Å². The van der Waals surface area contributed by atoms with Gasteiger partial charge in [0, 0.05) is 18.8 Å². The highest BCUT2D eigenvalue weighted by atomic mass is 16.7. The van der Waals surface area contributed by atoms with E-state index in [9.17, 15) is 95.5 Å². The van der Waals surface area contributed by atoms with E-state index in [1.807, 2.05) is 0 Å². The summed E-state index contributed by atoms with van der Waals surface area (Å²) < 4.78 is 28.6. The summed E-state index contributed by atoms with van der Waals surface area (Å²) in [7, 11) is 0. The van der Waals surface area contributed by atoms with Gasteiger partial charge in [0.25, 0.3) is 0 Å². The number of nitrogens with one attached hydrogen (secondary N) is 8. The third-order valence-electron chi connectivity index (χ3n) is 18.7. The van der Waals surface area contributed by atoms with Gasteiger partial charge >= 0.3 is 0 Å². The van der Waals surface area contributed by atoms with E-state index < -0.39 is 246 Å². The van der Waals surface area contributed by atoms with Crippen molar-refractivity contribution in [2.24, 2.45) is 15.7 Å². The first-order valence-electron chi connectivity index (χ1n) is 33.9. The molecule has 25 atom stereocenters. The summed E-state index contributed by atoms with van der Waals surface area (Å²) in [4.78, 5) is 112. The molecule has 8 rings (SSSR count). The summed E-state index contributed by atoms with van der Waals surface area (Å²) in [6.07, 6.45) is -26.4. The smallest absolute Gasteiger partial charge is 0.246 e. The minimum absolute atomic E-state index is 0.0549. The first-order valence-corrected chi connectivity index (χ1v) is 33.9. The van der Waals surface area contributed by atoms with Crippen LogP contribution in [0.2, 0.25) is 0 Å². The summed E-state index contributed by atoms with van der Waals surface area (Å²) >= 11 is 0. The van der Waals surface area contributed by atoms with Crippen LogP contribution in [0, 0.1) is 0 Å². The summed E-state index contributed by atoms with van der Waals surface area (Å²) in [5.41, 5.74) is 6.65. The van der Waals surface area contributed by atoms with Gasteiger partial charge in [0.15, 0.2) is 18.5 Å². The molecule has 102 heavy (non-hydrogen) atoms. The highest BCUT2D eigenvalue weighted by Crippen LogP contribution is 2.33. The standard InChI is InChI=1S/C64H96N12O26/c1-3-4-5-6-7-8-12-15-39(81)73-64-68-22-35(76(64)60-51(90)48(87)46(85)36(25-78)99-60)45(84)43-58(96)70-34(24-77)55(93)66-23-40(82)72-41(28(2)30-13-10-9-11-14-30)57(95)69-32(56(94)74-42(59(97)75-43)44(83)33-21-67-63(65)71-33)20-29-16-18-31(19-17-29)98-61-53(92)50(89)54(38(27-80)101-61)102-62-52(91)49(88)47(86)37(26-79)100-62/h9-11,13-14,16-19,28,32-38,41-54,60-62,77-80,83-92H,3-8,12,15,20-27H2,1-2H3,(H,66,93)(H,69,95)(H,70,96)(H,72,82)(H,74,94)(H,75,97)(H3,65,67,71)(H,68,73,81)/t28?,32-,33?,34+,35?,36-,37-,38-,41+,42+,43-,44?,45?,46-,47-,48+,49+,50-,51+,52+,53+,54-,60+,61+,62-/m1/s1.